The summed E-state index contributed by atoms with van der Waals surface area (Å²) in [5, 5.41) is 4.45. The lowest BCUT2D eigenvalue weighted by Gasteiger charge is -2.26. The average Bonchev–Trinajstić information content (AvgIpc) is 3.09. The number of aromatic nitrogens is 2. The molecule has 5 nitrogen and oxygen atoms in total. The van der Waals surface area contributed by atoms with Gasteiger partial charge in [-0.05, 0) is 18.9 Å². The maximum absolute atomic E-state index is 12.2. The molecule has 1 aliphatic heterocycles. The monoisotopic (exact) mass is 249 g/mol. The zero-order valence-electron chi connectivity index (χ0n) is 10.5. The van der Waals surface area contributed by atoms with Crippen LogP contribution < -0.4 is 0 Å². The van der Waals surface area contributed by atoms with Crippen LogP contribution in [0.4, 0.5) is 0 Å². The van der Waals surface area contributed by atoms with E-state index in [0.717, 1.165) is 0 Å². The molecular formula is C13H19N3O2. The number of carbonyl (C=O) groups excluding carboxylic acids is 1. The SMILES string of the molecule is O=C(c1ccn(C2CCCC2)n1)N1CCOCC1. The molecule has 0 unspecified atom stereocenters. The second-order valence-corrected chi connectivity index (χ2v) is 5.02. The van der Waals surface area contributed by atoms with E-state index in [9.17, 15) is 4.79 Å². The molecule has 0 radical (unpaired) electrons. The Hall–Kier alpha value is -1.36. The predicted octanol–water partition coefficient (Wildman–Crippen LogP) is 1.47. The molecule has 2 aliphatic rings. The van der Waals surface area contributed by atoms with Crippen LogP contribution in [-0.2, 0) is 4.74 Å². The van der Waals surface area contributed by atoms with E-state index in [1.54, 1.807) is 0 Å². The molecule has 98 valence electrons. The normalized spacial score (nSPS) is 21.4. The molecule has 1 amide bonds. The minimum absolute atomic E-state index is 0.0371. The maximum atomic E-state index is 12.2. The summed E-state index contributed by atoms with van der Waals surface area (Å²) in [4.78, 5) is 14.0. The van der Waals surface area contributed by atoms with E-state index in [1.165, 1.54) is 25.7 Å². The van der Waals surface area contributed by atoms with Crippen molar-refractivity contribution in [3.8, 4) is 0 Å². The van der Waals surface area contributed by atoms with Crippen molar-refractivity contribution in [2.24, 2.45) is 0 Å². The zero-order valence-corrected chi connectivity index (χ0v) is 10.5. The molecule has 18 heavy (non-hydrogen) atoms. The topological polar surface area (TPSA) is 47.4 Å². The number of hydrogen-bond donors (Lipinski definition) is 0. The van der Waals surface area contributed by atoms with Crippen LogP contribution in [-0.4, -0.2) is 46.9 Å². The molecule has 0 N–H and O–H groups in total. The lowest BCUT2D eigenvalue weighted by molar-refractivity contribution is 0.0298. The largest absolute Gasteiger partial charge is 0.378 e. The van der Waals surface area contributed by atoms with Gasteiger partial charge in [0, 0.05) is 19.3 Å². The van der Waals surface area contributed by atoms with Crippen molar-refractivity contribution in [3.63, 3.8) is 0 Å². The highest BCUT2D eigenvalue weighted by molar-refractivity contribution is 5.92. The fraction of sp³-hybridized carbons (Fsp3) is 0.692. The molecule has 1 aromatic heterocycles. The molecule has 3 rings (SSSR count). The number of morpholine rings is 1. The first-order valence-electron chi connectivity index (χ1n) is 6.77. The van der Waals surface area contributed by atoms with Crippen LogP contribution in [0.3, 0.4) is 0 Å². The van der Waals surface area contributed by atoms with Gasteiger partial charge in [-0.3, -0.25) is 9.48 Å². The molecule has 0 atom stereocenters. The smallest absolute Gasteiger partial charge is 0.274 e. The molecule has 1 aromatic rings. The Morgan fingerprint density at radius 1 is 1.28 bits per heavy atom. The van der Waals surface area contributed by atoms with Gasteiger partial charge in [-0.1, -0.05) is 12.8 Å². The lowest BCUT2D eigenvalue weighted by atomic mass is 10.3. The van der Waals surface area contributed by atoms with Crippen molar-refractivity contribution in [2.75, 3.05) is 26.3 Å². The van der Waals surface area contributed by atoms with Crippen molar-refractivity contribution in [3.05, 3.63) is 18.0 Å². The summed E-state index contributed by atoms with van der Waals surface area (Å²) >= 11 is 0. The molecule has 2 fully saturated rings. The van der Waals surface area contributed by atoms with Crippen molar-refractivity contribution < 1.29 is 9.53 Å². The third-order valence-corrected chi connectivity index (χ3v) is 3.82. The molecule has 2 heterocycles. The summed E-state index contributed by atoms with van der Waals surface area (Å²) in [6.07, 6.45) is 6.87. The lowest BCUT2D eigenvalue weighted by Crippen LogP contribution is -2.40. The summed E-state index contributed by atoms with van der Waals surface area (Å²) in [7, 11) is 0. The van der Waals surface area contributed by atoms with Crippen molar-refractivity contribution in [2.45, 2.75) is 31.7 Å². The van der Waals surface area contributed by atoms with Crippen molar-refractivity contribution in [1.29, 1.82) is 0 Å². The molecule has 5 heteroatoms. The molecule has 0 bridgehead atoms. The van der Waals surface area contributed by atoms with E-state index in [4.69, 9.17) is 4.74 Å². The van der Waals surface area contributed by atoms with E-state index in [-0.39, 0.29) is 5.91 Å². The van der Waals surface area contributed by atoms with Gasteiger partial charge in [0.05, 0.1) is 19.3 Å². The third kappa shape index (κ3) is 2.27. The van der Waals surface area contributed by atoms with E-state index in [2.05, 4.69) is 5.10 Å². The predicted molar refractivity (Wildman–Crippen MR) is 66.5 cm³/mol. The summed E-state index contributed by atoms with van der Waals surface area (Å²) in [5.74, 6) is 0.0371. The van der Waals surface area contributed by atoms with Gasteiger partial charge in [-0.25, -0.2) is 0 Å². The quantitative estimate of drug-likeness (QED) is 0.797. The van der Waals surface area contributed by atoms with Gasteiger partial charge in [-0.15, -0.1) is 0 Å². The van der Waals surface area contributed by atoms with Gasteiger partial charge in [0.2, 0.25) is 0 Å². The van der Waals surface area contributed by atoms with Crippen molar-refractivity contribution >= 4 is 5.91 Å². The Morgan fingerprint density at radius 3 is 2.72 bits per heavy atom. The average molecular weight is 249 g/mol. The van der Waals surface area contributed by atoms with Crippen LogP contribution in [0.1, 0.15) is 42.2 Å². The fourth-order valence-corrected chi connectivity index (χ4v) is 2.75. The van der Waals surface area contributed by atoms with Crippen LogP contribution in [0.25, 0.3) is 0 Å². The van der Waals surface area contributed by atoms with E-state index < -0.39 is 0 Å². The number of carbonyl (C=O) groups is 1. The van der Waals surface area contributed by atoms with Gasteiger partial charge in [0.15, 0.2) is 0 Å². The Kier molecular flexibility index (Phi) is 3.32. The minimum atomic E-state index is 0.0371. The number of rotatable bonds is 2. The summed E-state index contributed by atoms with van der Waals surface area (Å²) < 4.78 is 7.23. The molecule has 1 aliphatic carbocycles. The Labute approximate surface area is 107 Å². The van der Waals surface area contributed by atoms with Crippen LogP contribution in [0.5, 0.6) is 0 Å². The number of ether oxygens (including phenoxy) is 1. The van der Waals surface area contributed by atoms with E-state index in [1.807, 2.05) is 21.8 Å². The number of nitrogens with zero attached hydrogens (tertiary/aromatic N) is 3. The molecular weight excluding hydrogens is 230 g/mol. The zero-order chi connectivity index (χ0) is 12.4. The van der Waals surface area contributed by atoms with E-state index >= 15 is 0 Å². The summed E-state index contributed by atoms with van der Waals surface area (Å²) in [6.45, 7) is 2.62. The van der Waals surface area contributed by atoms with Gasteiger partial charge in [0.1, 0.15) is 5.69 Å². The summed E-state index contributed by atoms with van der Waals surface area (Å²) in [5.41, 5.74) is 0.573. The highest BCUT2D eigenvalue weighted by Crippen LogP contribution is 2.28. The molecule has 0 aromatic carbocycles. The van der Waals surface area contributed by atoms with Crippen LogP contribution in [0.2, 0.25) is 0 Å². The van der Waals surface area contributed by atoms with E-state index in [0.29, 0.717) is 38.0 Å². The Morgan fingerprint density at radius 2 is 2.00 bits per heavy atom. The standard InChI is InChI=1S/C13H19N3O2/c17-13(15-7-9-18-10-8-15)12-5-6-16(14-12)11-3-1-2-4-11/h5-6,11H,1-4,7-10H2. The van der Waals surface area contributed by atoms with Crippen molar-refractivity contribution in [1.82, 2.24) is 14.7 Å². The van der Waals surface area contributed by atoms with Crippen LogP contribution >= 0.6 is 0 Å². The van der Waals surface area contributed by atoms with Crippen LogP contribution in [0.15, 0.2) is 12.3 Å². The third-order valence-electron chi connectivity index (χ3n) is 3.82. The summed E-state index contributed by atoms with van der Waals surface area (Å²) in [6, 6.07) is 2.34. The number of hydrogen-bond acceptors (Lipinski definition) is 3. The first-order chi connectivity index (χ1) is 8.84. The maximum Gasteiger partial charge on any atom is 0.274 e. The second kappa shape index (κ2) is 5.10. The molecule has 1 saturated heterocycles. The number of amides is 1. The van der Waals surface area contributed by atoms with Gasteiger partial charge >= 0.3 is 0 Å². The first kappa shape index (κ1) is 11.7. The Bertz CT molecular complexity index is 418. The fourth-order valence-electron chi connectivity index (χ4n) is 2.75. The second-order valence-electron chi connectivity index (χ2n) is 5.02. The van der Waals surface area contributed by atoms with Gasteiger partial charge in [-0.2, -0.15) is 5.10 Å². The Balaban J connectivity index is 1.69. The van der Waals surface area contributed by atoms with Gasteiger partial charge in [0.25, 0.3) is 5.91 Å². The van der Waals surface area contributed by atoms with Crippen LogP contribution in [0, 0.1) is 0 Å². The first-order valence-corrected chi connectivity index (χ1v) is 6.77. The van der Waals surface area contributed by atoms with Gasteiger partial charge < -0.3 is 9.64 Å². The minimum Gasteiger partial charge on any atom is -0.378 e. The highest BCUT2D eigenvalue weighted by Gasteiger charge is 2.23. The molecule has 0 spiro atoms. The molecule has 1 saturated carbocycles. The highest BCUT2D eigenvalue weighted by atomic mass is 16.5.